The summed E-state index contributed by atoms with van der Waals surface area (Å²) in [7, 11) is 2.14. The van der Waals surface area contributed by atoms with Gasteiger partial charge in [-0.3, -0.25) is 0 Å². The van der Waals surface area contributed by atoms with Crippen LogP contribution in [0.2, 0.25) is 0 Å². The third kappa shape index (κ3) is 3.61. The quantitative estimate of drug-likeness (QED) is 0.329. The van der Waals surface area contributed by atoms with Crippen LogP contribution in [0.4, 0.5) is 0 Å². The molecule has 0 unspecified atom stereocenters. The van der Waals surface area contributed by atoms with Crippen molar-refractivity contribution < 1.29 is 0 Å². The highest BCUT2D eigenvalue weighted by molar-refractivity contribution is 5.81. The minimum Gasteiger partial charge on any atom is -0.366 e. The van der Waals surface area contributed by atoms with Gasteiger partial charge in [0.05, 0.1) is 24.5 Å². The fourth-order valence-corrected chi connectivity index (χ4v) is 4.80. The van der Waals surface area contributed by atoms with E-state index in [-0.39, 0.29) is 0 Å². The van der Waals surface area contributed by atoms with Crippen LogP contribution in [0.5, 0.6) is 0 Å². The first kappa shape index (κ1) is 20.5. The molecule has 0 atom stereocenters. The van der Waals surface area contributed by atoms with Crippen LogP contribution in [0.1, 0.15) is 28.2 Å². The van der Waals surface area contributed by atoms with Crippen molar-refractivity contribution in [1.29, 1.82) is 0 Å². The van der Waals surface area contributed by atoms with E-state index < -0.39 is 0 Å². The molecule has 34 heavy (non-hydrogen) atoms. The second-order valence-corrected chi connectivity index (χ2v) is 9.30. The Bertz CT molecular complexity index is 1530. The lowest BCUT2D eigenvalue weighted by molar-refractivity contribution is 0.347. The van der Waals surface area contributed by atoms with E-state index in [1.165, 1.54) is 38.9 Å². The van der Waals surface area contributed by atoms with E-state index in [0.717, 1.165) is 35.9 Å². The number of nitrogens with zero attached hydrogens (tertiary/aromatic N) is 3. The lowest BCUT2D eigenvalue weighted by atomic mass is 9.99. The SMILES string of the molecule is Cc1ccc(-c2ccc(-c3nc4c([nH]3)C=CN(Cc3cc5ccccc5n3C)C4)cc2)cc1C. The van der Waals surface area contributed by atoms with E-state index in [2.05, 4.69) is 120 Å². The highest BCUT2D eigenvalue weighted by Crippen LogP contribution is 2.28. The molecule has 0 spiro atoms. The molecular weight excluding hydrogens is 416 g/mol. The van der Waals surface area contributed by atoms with E-state index in [9.17, 15) is 0 Å². The highest BCUT2D eigenvalue weighted by atomic mass is 15.2. The fourth-order valence-electron chi connectivity index (χ4n) is 4.80. The molecule has 3 aromatic carbocycles. The van der Waals surface area contributed by atoms with Gasteiger partial charge >= 0.3 is 0 Å². The first-order valence-electron chi connectivity index (χ1n) is 11.8. The van der Waals surface area contributed by atoms with Crippen LogP contribution in [0.3, 0.4) is 0 Å². The molecule has 0 bridgehead atoms. The summed E-state index contributed by atoms with van der Waals surface area (Å²) in [6.07, 6.45) is 4.31. The summed E-state index contributed by atoms with van der Waals surface area (Å²) in [6, 6.07) is 26.1. The van der Waals surface area contributed by atoms with Gasteiger partial charge in [0.25, 0.3) is 0 Å². The molecule has 0 fully saturated rings. The highest BCUT2D eigenvalue weighted by Gasteiger charge is 2.18. The molecule has 0 aliphatic carbocycles. The maximum Gasteiger partial charge on any atom is 0.138 e. The molecule has 1 aliphatic heterocycles. The Morgan fingerprint density at radius 1 is 0.853 bits per heavy atom. The molecule has 0 saturated heterocycles. The largest absolute Gasteiger partial charge is 0.366 e. The van der Waals surface area contributed by atoms with Crippen LogP contribution in [0.25, 0.3) is 39.5 Å². The standard InChI is InChI=1S/C30H28N4/c1-20-8-9-24(16-21(20)2)22-10-12-23(13-11-22)30-31-27-14-15-34(19-28(27)32-30)18-26-17-25-6-4-5-7-29(25)33(26)3/h4-17H,18-19H2,1-3H3,(H,31,32). The molecule has 3 heterocycles. The Labute approximate surface area is 200 Å². The maximum atomic E-state index is 4.95. The van der Waals surface area contributed by atoms with Crippen LogP contribution in [0, 0.1) is 13.8 Å². The summed E-state index contributed by atoms with van der Waals surface area (Å²) in [5.74, 6) is 0.924. The van der Waals surface area contributed by atoms with Gasteiger partial charge in [-0.05, 0) is 59.7 Å². The predicted octanol–water partition coefficient (Wildman–Crippen LogP) is 6.84. The van der Waals surface area contributed by atoms with Crippen molar-refractivity contribution in [3.05, 3.63) is 107 Å². The fraction of sp³-hybridized carbons (Fsp3) is 0.167. The van der Waals surface area contributed by atoms with Crippen molar-refractivity contribution in [2.75, 3.05) is 0 Å². The Morgan fingerprint density at radius 2 is 1.62 bits per heavy atom. The summed E-state index contributed by atoms with van der Waals surface area (Å²) in [4.78, 5) is 10.8. The van der Waals surface area contributed by atoms with Gasteiger partial charge in [0.1, 0.15) is 5.82 Å². The number of aromatic nitrogens is 3. The van der Waals surface area contributed by atoms with Crippen molar-refractivity contribution in [3.63, 3.8) is 0 Å². The number of imidazole rings is 1. The molecule has 0 radical (unpaired) electrons. The van der Waals surface area contributed by atoms with E-state index in [4.69, 9.17) is 4.98 Å². The first-order chi connectivity index (χ1) is 16.5. The molecule has 0 amide bonds. The average Bonchev–Trinajstić information content (AvgIpc) is 3.42. The lowest BCUT2D eigenvalue weighted by Gasteiger charge is -2.23. The van der Waals surface area contributed by atoms with E-state index in [1.807, 2.05) is 0 Å². The number of benzene rings is 3. The summed E-state index contributed by atoms with van der Waals surface area (Å²) >= 11 is 0. The van der Waals surface area contributed by atoms with Gasteiger partial charge in [0, 0.05) is 30.0 Å². The molecule has 1 N–H and O–H groups in total. The normalized spacial score (nSPS) is 13.0. The van der Waals surface area contributed by atoms with Crippen LogP contribution in [0.15, 0.2) is 79.0 Å². The third-order valence-corrected chi connectivity index (χ3v) is 7.03. The van der Waals surface area contributed by atoms with Gasteiger partial charge in [-0.1, -0.05) is 60.7 Å². The summed E-state index contributed by atoms with van der Waals surface area (Å²) in [5, 5.41) is 1.29. The van der Waals surface area contributed by atoms with Gasteiger partial charge in [-0.25, -0.2) is 4.98 Å². The third-order valence-electron chi connectivity index (χ3n) is 7.03. The zero-order valence-corrected chi connectivity index (χ0v) is 19.8. The number of fused-ring (bicyclic) bond motifs is 2. The second-order valence-electron chi connectivity index (χ2n) is 9.30. The topological polar surface area (TPSA) is 36.9 Å². The van der Waals surface area contributed by atoms with Crippen molar-refractivity contribution in [2.24, 2.45) is 7.05 Å². The van der Waals surface area contributed by atoms with Gasteiger partial charge < -0.3 is 14.5 Å². The molecule has 5 aromatic rings. The van der Waals surface area contributed by atoms with Crippen LogP contribution >= 0.6 is 0 Å². The Balaban J connectivity index is 1.21. The zero-order chi connectivity index (χ0) is 23.2. The number of hydrogen-bond acceptors (Lipinski definition) is 2. The Hall–Kier alpha value is -4.05. The second kappa shape index (κ2) is 8.07. The smallest absolute Gasteiger partial charge is 0.138 e. The molecule has 2 aromatic heterocycles. The van der Waals surface area contributed by atoms with Crippen LogP contribution < -0.4 is 0 Å². The zero-order valence-electron chi connectivity index (χ0n) is 19.8. The summed E-state index contributed by atoms with van der Waals surface area (Å²) < 4.78 is 2.28. The van der Waals surface area contributed by atoms with E-state index in [1.54, 1.807) is 0 Å². The number of rotatable bonds is 4. The van der Waals surface area contributed by atoms with Crippen molar-refractivity contribution >= 4 is 17.0 Å². The van der Waals surface area contributed by atoms with Gasteiger partial charge in [0.2, 0.25) is 0 Å². The van der Waals surface area contributed by atoms with Gasteiger partial charge in [-0.2, -0.15) is 0 Å². The molecule has 0 saturated carbocycles. The Kier molecular flexibility index (Phi) is 4.88. The number of para-hydroxylation sites is 1. The Morgan fingerprint density at radius 3 is 2.41 bits per heavy atom. The molecule has 1 aliphatic rings. The van der Waals surface area contributed by atoms with Crippen molar-refractivity contribution in [1.82, 2.24) is 19.4 Å². The van der Waals surface area contributed by atoms with Crippen molar-refractivity contribution in [3.8, 4) is 22.5 Å². The number of aryl methyl sites for hydroxylation is 3. The molecular formula is C30H28N4. The predicted molar refractivity (Wildman–Crippen MR) is 140 cm³/mol. The summed E-state index contributed by atoms with van der Waals surface area (Å²) in [6.45, 7) is 5.97. The molecule has 4 heteroatoms. The lowest BCUT2D eigenvalue weighted by Crippen LogP contribution is -2.20. The number of H-pyrrole nitrogens is 1. The molecule has 6 rings (SSSR count). The number of nitrogens with one attached hydrogen (secondary N) is 1. The monoisotopic (exact) mass is 444 g/mol. The van der Waals surface area contributed by atoms with E-state index >= 15 is 0 Å². The molecule has 168 valence electrons. The van der Waals surface area contributed by atoms with Gasteiger partial charge in [-0.15, -0.1) is 0 Å². The minimum absolute atomic E-state index is 0.796. The summed E-state index contributed by atoms with van der Waals surface area (Å²) in [5.41, 5.74) is 11.0. The van der Waals surface area contributed by atoms with Gasteiger partial charge in [0.15, 0.2) is 0 Å². The van der Waals surface area contributed by atoms with Crippen molar-refractivity contribution in [2.45, 2.75) is 26.9 Å². The maximum absolute atomic E-state index is 4.95. The van der Waals surface area contributed by atoms with Crippen LogP contribution in [-0.4, -0.2) is 19.4 Å². The van der Waals surface area contributed by atoms with Crippen LogP contribution in [-0.2, 0) is 20.1 Å². The van der Waals surface area contributed by atoms with E-state index in [0.29, 0.717) is 0 Å². The minimum atomic E-state index is 0.796. The average molecular weight is 445 g/mol. The number of aromatic amines is 1. The number of hydrogen-bond donors (Lipinski definition) is 1. The first-order valence-corrected chi connectivity index (χ1v) is 11.8. The molecule has 4 nitrogen and oxygen atoms in total.